The molecule has 0 unspecified atom stereocenters. The Morgan fingerprint density at radius 1 is 1.50 bits per heavy atom. The lowest BCUT2D eigenvalue weighted by Gasteiger charge is -2.18. The van der Waals surface area contributed by atoms with Gasteiger partial charge in [-0.25, -0.2) is 4.39 Å². The zero-order valence-electron chi connectivity index (χ0n) is 10.6. The van der Waals surface area contributed by atoms with Gasteiger partial charge in [-0.2, -0.15) is 0 Å². The normalized spacial score (nSPS) is 13.6. The molecule has 0 bridgehead atoms. The number of carbonyl (C=O) groups is 1. The predicted molar refractivity (Wildman–Crippen MR) is 68.2 cm³/mol. The highest BCUT2D eigenvalue weighted by Crippen LogP contribution is 2.28. The van der Waals surface area contributed by atoms with Crippen LogP contribution >= 0.6 is 0 Å². The molecule has 0 saturated heterocycles. The van der Waals surface area contributed by atoms with E-state index in [0.29, 0.717) is 13.0 Å². The summed E-state index contributed by atoms with van der Waals surface area (Å²) in [7, 11) is 0. The lowest BCUT2D eigenvalue weighted by Crippen LogP contribution is -2.22. The quantitative estimate of drug-likeness (QED) is 0.753. The second-order valence-corrected chi connectivity index (χ2v) is 4.42. The van der Waals surface area contributed by atoms with Crippen molar-refractivity contribution < 1.29 is 13.9 Å². The van der Waals surface area contributed by atoms with E-state index in [1.54, 1.807) is 6.07 Å². The lowest BCUT2D eigenvalue weighted by molar-refractivity contribution is -0.143. The van der Waals surface area contributed by atoms with Crippen LogP contribution in [0.15, 0.2) is 18.2 Å². The molecule has 1 aromatic carbocycles. The van der Waals surface area contributed by atoms with Gasteiger partial charge in [0.15, 0.2) is 0 Å². The molecular formula is C14H18FNO2. The van der Waals surface area contributed by atoms with Crippen LogP contribution in [0.3, 0.4) is 0 Å². The van der Waals surface area contributed by atoms with Crippen LogP contribution in [0, 0.1) is 5.82 Å². The van der Waals surface area contributed by atoms with E-state index in [-0.39, 0.29) is 11.8 Å². The number of nitrogens with zero attached hydrogens (tertiary/aromatic N) is 1. The summed E-state index contributed by atoms with van der Waals surface area (Å²) < 4.78 is 17.9. The highest BCUT2D eigenvalue weighted by Gasteiger charge is 2.19. The fraction of sp³-hybridized carbons (Fsp3) is 0.500. The minimum atomic E-state index is -0.179. The van der Waals surface area contributed by atoms with Crippen LogP contribution in [-0.2, 0) is 16.0 Å². The largest absolute Gasteiger partial charge is 0.466 e. The van der Waals surface area contributed by atoms with E-state index in [0.717, 1.165) is 37.2 Å². The molecule has 2 rings (SSSR count). The van der Waals surface area contributed by atoms with E-state index in [1.165, 1.54) is 6.07 Å². The smallest absolute Gasteiger partial charge is 0.305 e. The topological polar surface area (TPSA) is 29.5 Å². The lowest BCUT2D eigenvalue weighted by atomic mass is 10.1. The summed E-state index contributed by atoms with van der Waals surface area (Å²) >= 11 is 0. The van der Waals surface area contributed by atoms with Crippen molar-refractivity contribution in [2.24, 2.45) is 0 Å². The molecule has 0 atom stereocenters. The fourth-order valence-electron chi connectivity index (χ4n) is 2.32. The molecule has 0 spiro atoms. The molecule has 18 heavy (non-hydrogen) atoms. The Bertz CT molecular complexity index is 434. The third kappa shape index (κ3) is 3.00. The summed E-state index contributed by atoms with van der Waals surface area (Å²) in [6.45, 7) is 3.97. The van der Waals surface area contributed by atoms with Crippen molar-refractivity contribution in [2.45, 2.75) is 26.2 Å². The third-order valence-electron chi connectivity index (χ3n) is 3.15. The molecule has 0 fully saturated rings. The first-order valence-electron chi connectivity index (χ1n) is 6.39. The molecule has 1 aliphatic heterocycles. The van der Waals surface area contributed by atoms with Gasteiger partial charge in [0, 0.05) is 25.2 Å². The molecular weight excluding hydrogens is 233 g/mol. The average molecular weight is 251 g/mol. The summed E-state index contributed by atoms with van der Waals surface area (Å²) in [5.74, 6) is -0.321. The standard InChI is InChI=1S/C14H18FNO2/c1-2-18-14(17)4-3-8-16-9-7-11-10-12(15)5-6-13(11)16/h5-6,10H,2-4,7-9H2,1H3. The number of carbonyl (C=O) groups excluding carboxylic acids is 1. The molecule has 0 aliphatic carbocycles. The van der Waals surface area contributed by atoms with Crippen LogP contribution in [0.2, 0.25) is 0 Å². The molecule has 0 aromatic heterocycles. The molecule has 3 nitrogen and oxygen atoms in total. The SMILES string of the molecule is CCOC(=O)CCCN1CCc2cc(F)ccc21. The van der Waals surface area contributed by atoms with Crippen molar-refractivity contribution in [3.8, 4) is 0 Å². The number of anilines is 1. The zero-order chi connectivity index (χ0) is 13.0. The van der Waals surface area contributed by atoms with Crippen molar-refractivity contribution in [3.63, 3.8) is 0 Å². The van der Waals surface area contributed by atoms with Crippen molar-refractivity contribution in [3.05, 3.63) is 29.6 Å². The maximum Gasteiger partial charge on any atom is 0.305 e. The molecule has 1 aromatic rings. The Labute approximate surface area is 107 Å². The molecule has 0 N–H and O–H groups in total. The monoisotopic (exact) mass is 251 g/mol. The van der Waals surface area contributed by atoms with E-state index in [9.17, 15) is 9.18 Å². The Morgan fingerprint density at radius 3 is 3.11 bits per heavy atom. The minimum Gasteiger partial charge on any atom is -0.466 e. The van der Waals surface area contributed by atoms with Crippen LogP contribution in [0.4, 0.5) is 10.1 Å². The number of hydrogen-bond donors (Lipinski definition) is 0. The van der Waals surface area contributed by atoms with Crippen LogP contribution in [0.5, 0.6) is 0 Å². The van der Waals surface area contributed by atoms with Gasteiger partial charge in [0.2, 0.25) is 0 Å². The van der Waals surface area contributed by atoms with Crippen molar-refractivity contribution >= 4 is 11.7 Å². The molecule has 0 radical (unpaired) electrons. The van der Waals surface area contributed by atoms with E-state index in [1.807, 2.05) is 13.0 Å². The number of rotatable bonds is 5. The number of halogens is 1. The fourth-order valence-corrected chi connectivity index (χ4v) is 2.32. The number of hydrogen-bond acceptors (Lipinski definition) is 3. The summed E-state index contributed by atoms with van der Waals surface area (Å²) in [6, 6.07) is 4.91. The summed E-state index contributed by atoms with van der Waals surface area (Å²) in [4.78, 5) is 13.4. The van der Waals surface area contributed by atoms with Gasteiger partial charge < -0.3 is 9.64 Å². The minimum absolute atomic E-state index is 0.143. The Balaban J connectivity index is 1.85. The Hall–Kier alpha value is -1.58. The van der Waals surface area contributed by atoms with Crippen LogP contribution < -0.4 is 4.90 Å². The van der Waals surface area contributed by atoms with E-state index >= 15 is 0 Å². The van der Waals surface area contributed by atoms with Crippen LogP contribution in [-0.4, -0.2) is 25.7 Å². The highest BCUT2D eigenvalue weighted by atomic mass is 19.1. The van der Waals surface area contributed by atoms with Crippen molar-refractivity contribution in [1.29, 1.82) is 0 Å². The van der Waals surface area contributed by atoms with Gasteiger partial charge in [0.1, 0.15) is 5.82 Å². The van der Waals surface area contributed by atoms with Gasteiger partial charge in [0.25, 0.3) is 0 Å². The summed E-state index contributed by atoms with van der Waals surface area (Å²) in [6.07, 6.45) is 2.10. The van der Waals surface area contributed by atoms with Crippen molar-refractivity contribution in [2.75, 3.05) is 24.6 Å². The number of benzene rings is 1. The first-order chi connectivity index (χ1) is 8.70. The first-order valence-corrected chi connectivity index (χ1v) is 6.39. The van der Waals surface area contributed by atoms with Gasteiger partial charge in [0.05, 0.1) is 6.61 Å². The van der Waals surface area contributed by atoms with Gasteiger partial charge >= 0.3 is 5.97 Å². The van der Waals surface area contributed by atoms with Crippen LogP contribution in [0.25, 0.3) is 0 Å². The van der Waals surface area contributed by atoms with E-state index in [4.69, 9.17) is 4.74 Å². The zero-order valence-corrected chi connectivity index (χ0v) is 10.6. The third-order valence-corrected chi connectivity index (χ3v) is 3.15. The summed E-state index contributed by atoms with van der Waals surface area (Å²) in [5.41, 5.74) is 2.16. The summed E-state index contributed by atoms with van der Waals surface area (Å²) in [5, 5.41) is 0. The van der Waals surface area contributed by atoms with Crippen LogP contribution in [0.1, 0.15) is 25.3 Å². The Kier molecular flexibility index (Phi) is 4.18. The molecule has 1 heterocycles. The maximum atomic E-state index is 13.1. The molecule has 98 valence electrons. The molecule has 1 aliphatic rings. The maximum absolute atomic E-state index is 13.1. The number of ether oxygens (including phenoxy) is 1. The van der Waals surface area contributed by atoms with E-state index in [2.05, 4.69) is 4.90 Å². The van der Waals surface area contributed by atoms with Gasteiger partial charge in [-0.1, -0.05) is 0 Å². The van der Waals surface area contributed by atoms with Gasteiger partial charge in [-0.05, 0) is 43.5 Å². The second kappa shape index (κ2) is 5.85. The molecule has 0 amide bonds. The first kappa shape index (κ1) is 12.9. The second-order valence-electron chi connectivity index (χ2n) is 4.42. The molecule has 0 saturated carbocycles. The number of fused-ring (bicyclic) bond motifs is 1. The highest BCUT2D eigenvalue weighted by molar-refractivity contribution is 5.69. The van der Waals surface area contributed by atoms with Gasteiger partial charge in [-0.15, -0.1) is 0 Å². The van der Waals surface area contributed by atoms with Gasteiger partial charge in [-0.3, -0.25) is 4.79 Å². The Morgan fingerprint density at radius 2 is 2.33 bits per heavy atom. The van der Waals surface area contributed by atoms with E-state index < -0.39 is 0 Å². The predicted octanol–water partition coefficient (Wildman–Crippen LogP) is 2.53. The van der Waals surface area contributed by atoms with Crippen molar-refractivity contribution in [1.82, 2.24) is 0 Å². The number of esters is 1. The molecule has 4 heteroatoms. The average Bonchev–Trinajstić information content (AvgIpc) is 2.72.